The minimum atomic E-state index is 0.0746. The molecule has 1 amide bonds. The number of carbonyl (C=O) groups is 1. The van der Waals surface area contributed by atoms with Crippen molar-refractivity contribution in [1.29, 1.82) is 0 Å². The van der Waals surface area contributed by atoms with E-state index in [0.717, 1.165) is 25.9 Å². The monoisotopic (exact) mass is 198 g/mol. The molecule has 2 heterocycles. The molecule has 0 spiro atoms. The summed E-state index contributed by atoms with van der Waals surface area (Å²) in [6, 6.07) is 0.332. The van der Waals surface area contributed by atoms with Crippen molar-refractivity contribution in [2.75, 3.05) is 19.7 Å². The Morgan fingerprint density at radius 3 is 3.00 bits per heavy atom. The molecule has 0 radical (unpaired) electrons. The van der Waals surface area contributed by atoms with E-state index in [0.29, 0.717) is 12.6 Å². The molecule has 3 atom stereocenters. The second kappa shape index (κ2) is 4.28. The van der Waals surface area contributed by atoms with Crippen LogP contribution in [0.4, 0.5) is 0 Å². The Hall–Kier alpha value is -0.610. The second-order valence-corrected chi connectivity index (χ2v) is 4.27. The average molecular weight is 198 g/mol. The van der Waals surface area contributed by atoms with E-state index < -0.39 is 0 Å². The number of carbonyl (C=O) groups excluding carboxylic acids is 1. The van der Waals surface area contributed by atoms with Crippen LogP contribution < -0.4 is 10.6 Å². The van der Waals surface area contributed by atoms with Gasteiger partial charge in [0.1, 0.15) is 0 Å². The summed E-state index contributed by atoms with van der Waals surface area (Å²) in [5.74, 6) is 0.244. The first-order valence-electron chi connectivity index (χ1n) is 5.38. The molecule has 2 unspecified atom stereocenters. The quantitative estimate of drug-likeness (QED) is 0.651. The molecule has 2 aliphatic rings. The van der Waals surface area contributed by atoms with Gasteiger partial charge < -0.3 is 15.4 Å². The van der Waals surface area contributed by atoms with E-state index in [1.54, 1.807) is 0 Å². The van der Waals surface area contributed by atoms with Crippen LogP contribution in [0.25, 0.3) is 0 Å². The number of rotatable bonds is 2. The molecule has 0 aromatic rings. The lowest BCUT2D eigenvalue weighted by Gasteiger charge is -2.14. The van der Waals surface area contributed by atoms with Gasteiger partial charge >= 0.3 is 0 Å². The van der Waals surface area contributed by atoms with Gasteiger partial charge in [-0.3, -0.25) is 4.79 Å². The summed E-state index contributed by atoms with van der Waals surface area (Å²) in [6.07, 6.45) is 2.16. The average Bonchev–Trinajstić information content (AvgIpc) is 2.75. The zero-order chi connectivity index (χ0) is 9.97. The van der Waals surface area contributed by atoms with Crippen LogP contribution in [0.15, 0.2) is 0 Å². The maximum absolute atomic E-state index is 11.7. The van der Waals surface area contributed by atoms with Crippen molar-refractivity contribution in [3.05, 3.63) is 0 Å². The lowest BCUT2D eigenvalue weighted by atomic mass is 10.0. The van der Waals surface area contributed by atoms with Gasteiger partial charge in [0.05, 0.1) is 18.6 Å². The highest BCUT2D eigenvalue weighted by molar-refractivity contribution is 5.79. The maximum Gasteiger partial charge on any atom is 0.225 e. The fraction of sp³-hybridized carbons (Fsp3) is 0.900. The molecule has 4 nitrogen and oxygen atoms in total. The Labute approximate surface area is 84.4 Å². The van der Waals surface area contributed by atoms with Crippen LogP contribution >= 0.6 is 0 Å². The van der Waals surface area contributed by atoms with Crippen molar-refractivity contribution >= 4 is 5.91 Å². The van der Waals surface area contributed by atoms with E-state index >= 15 is 0 Å². The van der Waals surface area contributed by atoms with E-state index in [1.807, 2.05) is 6.92 Å². The highest BCUT2D eigenvalue weighted by Crippen LogP contribution is 2.19. The van der Waals surface area contributed by atoms with Gasteiger partial charge in [-0.1, -0.05) is 0 Å². The largest absolute Gasteiger partial charge is 0.378 e. The number of hydrogen-bond acceptors (Lipinski definition) is 3. The third kappa shape index (κ3) is 2.25. The molecule has 2 saturated heterocycles. The van der Waals surface area contributed by atoms with E-state index in [4.69, 9.17) is 4.74 Å². The minimum absolute atomic E-state index is 0.0746. The third-order valence-electron chi connectivity index (χ3n) is 2.98. The molecule has 2 N–H and O–H groups in total. The topological polar surface area (TPSA) is 50.4 Å². The minimum Gasteiger partial charge on any atom is -0.378 e. The van der Waals surface area contributed by atoms with Crippen molar-refractivity contribution < 1.29 is 9.53 Å². The number of ether oxygens (including phenoxy) is 1. The Morgan fingerprint density at radius 2 is 2.43 bits per heavy atom. The van der Waals surface area contributed by atoms with E-state index in [-0.39, 0.29) is 17.9 Å². The van der Waals surface area contributed by atoms with Gasteiger partial charge in [-0.2, -0.15) is 0 Å². The molecule has 2 aliphatic heterocycles. The molecule has 4 heteroatoms. The van der Waals surface area contributed by atoms with E-state index in [2.05, 4.69) is 10.6 Å². The van der Waals surface area contributed by atoms with Crippen molar-refractivity contribution in [1.82, 2.24) is 10.6 Å². The predicted molar refractivity (Wildman–Crippen MR) is 52.9 cm³/mol. The maximum atomic E-state index is 11.7. The number of hydrogen-bond donors (Lipinski definition) is 2. The summed E-state index contributed by atoms with van der Waals surface area (Å²) >= 11 is 0. The normalized spacial score (nSPS) is 37.4. The summed E-state index contributed by atoms with van der Waals surface area (Å²) < 4.78 is 5.37. The van der Waals surface area contributed by atoms with Gasteiger partial charge in [0.25, 0.3) is 0 Å². The summed E-state index contributed by atoms with van der Waals surface area (Å²) in [7, 11) is 0. The lowest BCUT2D eigenvalue weighted by molar-refractivity contribution is -0.125. The van der Waals surface area contributed by atoms with Gasteiger partial charge in [0, 0.05) is 12.6 Å². The smallest absolute Gasteiger partial charge is 0.225 e. The van der Waals surface area contributed by atoms with Crippen molar-refractivity contribution in [3.8, 4) is 0 Å². The van der Waals surface area contributed by atoms with Crippen molar-refractivity contribution in [2.45, 2.75) is 31.9 Å². The van der Waals surface area contributed by atoms with Crippen LogP contribution in [0.1, 0.15) is 19.8 Å². The first-order valence-corrected chi connectivity index (χ1v) is 5.38. The van der Waals surface area contributed by atoms with Crippen LogP contribution in [-0.4, -0.2) is 37.7 Å². The highest BCUT2D eigenvalue weighted by atomic mass is 16.5. The second-order valence-electron chi connectivity index (χ2n) is 4.27. The molecular weight excluding hydrogens is 180 g/mol. The van der Waals surface area contributed by atoms with Gasteiger partial charge in [-0.15, -0.1) is 0 Å². The first-order chi connectivity index (χ1) is 6.75. The Bertz CT molecular complexity index is 214. The Kier molecular flexibility index (Phi) is 3.03. The van der Waals surface area contributed by atoms with Crippen LogP contribution in [0.5, 0.6) is 0 Å². The molecule has 0 saturated carbocycles. The van der Waals surface area contributed by atoms with Crippen LogP contribution in [-0.2, 0) is 9.53 Å². The molecular formula is C10H18N2O2. The molecule has 2 fully saturated rings. The molecule has 0 bridgehead atoms. The molecule has 80 valence electrons. The highest BCUT2D eigenvalue weighted by Gasteiger charge is 2.29. The van der Waals surface area contributed by atoms with Gasteiger partial charge in [-0.25, -0.2) is 0 Å². The standard InChI is InChI=1S/C10H18N2O2/c1-7-4-8(6-14-7)10(13)12-9-2-3-11-5-9/h7-9,11H,2-6H2,1H3,(H,12,13)/t7?,8?,9-/m1/s1. The van der Waals surface area contributed by atoms with Crippen LogP contribution in [0, 0.1) is 5.92 Å². The van der Waals surface area contributed by atoms with E-state index in [9.17, 15) is 4.79 Å². The Balaban J connectivity index is 1.77. The molecule has 14 heavy (non-hydrogen) atoms. The fourth-order valence-corrected chi connectivity index (χ4v) is 2.10. The van der Waals surface area contributed by atoms with Gasteiger partial charge in [0.15, 0.2) is 0 Å². The zero-order valence-corrected chi connectivity index (χ0v) is 8.58. The lowest BCUT2D eigenvalue weighted by Crippen LogP contribution is -2.40. The van der Waals surface area contributed by atoms with Crippen molar-refractivity contribution in [2.24, 2.45) is 5.92 Å². The molecule has 0 aromatic carbocycles. The third-order valence-corrected chi connectivity index (χ3v) is 2.98. The summed E-state index contributed by atoms with van der Waals surface area (Å²) in [5, 5.41) is 6.29. The summed E-state index contributed by atoms with van der Waals surface area (Å²) in [4.78, 5) is 11.7. The summed E-state index contributed by atoms with van der Waals surface area (Å²) in [6.45, 7) is 4.54. The number of amides is 1. The zero-order valence-electron chi connectivity index (χ0n) is 8.58. The Morgan fingerprint density at radius 1 is 1.57 bits per heavy atom. The van der Waals surface area contributed by atoms with Crippen molar-refractivity contribution in [3.63, 3.8) is 0 Å². The molecule has 0 aromatic heterocycles. The van der Waals surface area contributed by atoms with E-state index in [1.165, 1.54) is 0 Å². The van der Waals surface area contributed by atoms with Gasteiger partial charge in [-0.05, 0) is 26.3 Å². The molecule has 0 aliphatic carbocycles. The predicted octanol–water partition coefficient (Wildman–Crippen LogP) is -0.110. The summed E-state index contributed by atoms with van der Waals surface area (Å²) in [5.41, 5.74) is 0. The van der Waals surface area contributed by atoms with Gasteiger partial charge in [0.2, 0.25) is 5.91 Å². The molecule has 2 rings (SSSR count). The SMILES string of the molecule is CC1CC(C(=O)N[C@@H]2CCNC2)CO1. The first kappa shape index (κ1) is 9.93. The number of nitrogens with one attached hydrogen (secondary N) is 2. The van der Waals surface area contributed by atoms with Crippen LogP contribution in [0.3, 0.4) is 0 Å². The van der Waals surface area contributed by atoms with Crippen LogP contribution in [0.2, 0.25) is 0 Å². The fourth-order valence-electron chi connectivity index (χ4n) is 2.10.